The van der Waals surface area contributed by atoms with Crippen LogP contribution in [0, 0.1) is 29.4 Å². The lowest BCUT2D eigenvalue weighted by atomic mass is 9.96. The van der Waals surface area contributed by atoms with Gasteiger partial charge in [0.2, 0.25) is 0 Å². The van der Waals surface area contributed by atoms with E-state index in [1.54, 1.807) is 0 Å². The van der Waals surface area contributed by atoms with Gasteiger partial charge in [-0.05, 0) is 42.8 Å². The molecule has 11 heteroatoms. The molecule has 1 aliphatic carbocycles. The third-order valence-corrected chi connectivity index (χ3v) is 8.64. The van der Waals surface area contributed by atoms with Gasteiger partial charge in [0, 0.05) is 55.3 Å². The number of phenols is 1. The molecule has 0 bridgehead atoms. The second kappa shape index (κ2) is 10.8. The van der Waals surface area contributed by atoms with E-state index in [-0.39, 0.29) is 44.9 Å². The van der Waals surface area contributed by atoms with Crippen molar-refractivity contribution in [2.45, 2.75) is 25.4 Å². The molecular weight excluding hydrogens is 559 g/mol. The van der Waals surface area contributed by atoms with Gasteiger partial charge in [0.1, 0.15) is 34.8 Å². The zero-order valence-electron chi connectivity index (χ0n) is 23.5. The minimum Gasteiger partial charge on any atom is -0.508 e. The van der Waals surface area contributed by atoms with Crippen molar-refractivity contribution in [3.8, 4) is 35.4 Å². The molecule has 2 saturated heterocycles. The van der Waals surface area contributed by atoms with Crippen molar-refractivity contribution in [3.63, 3.8) is 0 Å². The lowest BCUT2D eigenvalue weighted by Gasteiger charge is -2.29. The fourth-order valence-corrected chi connectivity index (χ4v) is 6.19. The first-order valence-electron chi connectivity index (χ1n) is 14.4. The van der Waals surface area contributed by atoms with Crippen molar-refractivity contribution in [2.24, 2.45) is 5.41 Å². The summed E-state index contributed by atoms with van der Waals surface area (Å²) in [7, 11) is 0. The summed E-state index contributed by atoms with van der Waals surface area (Å²) in [6.07, 6.45) is 8.78. The number of hydrogen-bond acceptors (Lipinski definition) is 8. The van der Waals surface area contributed by atoms with Gasteiger partial charge in [0.25, 0.3) is 0 Å². The van der Waals surface area contributed by atoms with Gasteiger partial charge >= 0.3 is 6.01 Å². The first-order chi connectivity index (χ1) is 20.8. The average molecular weight is 590 g/mol. The highest BCUT2D eigenvalue weighted by Crippen LogP contribution is 2.47. The molecule has 2 aromatic heterocycles. The van der Waals surface area contributed by atoms with E-state index >= 15 is 4.39 Å². The van der Waals surface area contributed by atoms with Crippen molar-refractivity contribution in [1.29, 1.82) is 0 Å². The minimum atomic E-state index is -0.792. The molecule has 1 saturated carbocycles. The number of anilines is 1. The second-order valence-electron chi connectivity index (χ2n) is 11.7. The first-order valence-corrected chi connectivity index (χ1v) is 14.4. The van der Waals surface area contributed by atoms with Crippen LogP contribution in [0.2, 0.25) is 0 Å². The van der Waals surface area contributed by atoms with E-state index < -0.39 is 17.8 Å². The predicted molar refractivity (Wildman–Crippen MR) is 156 cm³/mol. The molecule has 222 valence electrons. The number of fused-ring (bicyclic) bond motifs is 2. The third kappa shape index (κ3) is 5.19. The number of phenolic OH excluding ortho intramolecular Hbond substituents is 1. The number of ether oxygens (including phenoxy) is 2. The maximum atomic E-state index is 16.6. The average Bonchev–Trinajstić information content (AvgIpc) is 3.66. The van der Waals surface area contributed by atoms with E-state index in [0.717, 1.165) is 25.9 Å². The summed E-state index contributed by atoms with van der Waals surface area (Å²) in [4.78, 5) is 17.7. The summed E-state index contributed by atoms with van der Waals surface area (Å²) in [5, 5.41) is 11.5. The third-order valence-electron chi connectivity index (χ3n) is 8.64. The number of halogens is 3. The van der Waals surface area contributed by atoms with Crippen LogP contribution in [0.1, 0.15) is 24.8 Å². The highest BCUT2D eigenvalue weighted by atomic mass is 19.1. The standard InChI is InChI=1S/C32H30F3N5O3/c1-2-22-25(34)4-3-19-13-21(41)14-23(26(19)22)28-27(35)29-24(15-36-28)30(40-9-11-42-12-10-40)38-31(37-29)43-18-32(6-7-32)17-39-8-5-20(33)16-39/h1,3-4,13-15,20,41H,5-12,16-18H2. The lowest BCUT2D eigenvalue weighted by Crippen LogP contribution is -2.37. The molecule has 0 radical (unpaired) electrons. The van der Waals surface area contributed by atoms with Crippen LogP contribution in [0.5, 0.6) is 11.8 Å². The molecule has 1 N–H and O–H groups in total. The number of aromatic hydroxyl groups is 1. The van der Waals surface area contributed by atoms with Crippen LogP contribution < -0.4 is 9.64 Å². The van der Waals surface area contributed by atoms with Crippen LogP contribution in [-0.2, 0) is 4.74 Å². The SMILES string of the molecule is C#Cc1c(F)ccc2cc(O)cc(-c3ncc4c(N5CCOCC5)nc(OCC5(CN6CCC(F)C6)CC5)nc4c3F)c12. The minimum absolute atomic E-state index is 0.0173. The summed E-state index contributed by atoms with van der Waals surface area (Å²) in [5.74, 6) is 1.27. The first kappa shape index (κ1) is 27.7. The Kier molecular flexibility index (Phi) is 6.98. The summed E-state index contributed by atoms with van der Waals surface area (Å²) in [6.45, 7) is 4.28. The molecule has 1 atom stereocenters. The Labute approximate surface area is 246 Å². The fourth-order valence-electron chi connectivity index (χ4n) is 6.19. The Morgan fingerprint density at radius 3 is 2.67 bits per heavy atom. The molecule has 3 fully saturated rings. The van der Waals surface area contributed by atoms with Gasteiger partial charge in [-0.1, -0.05) is 12.0 Å². The molecule has 0 spiro atoms. The molecule has 8 nitrogen and oxygen atoms in total. The van der Waals surface area contributed by atoms with Crippen LogP contribution in [0.15, 0.2) is 30.5 Å². The molecule has 4 heterocycles. The van der Waals surface area contributed by atoms with E-state index in [9.17, 15) is 13.9 Å². The monoisotopic (exact) mass is 589 g/mol. The number of terminal acetylenes is 1. The number of aromatic nitrogens is 3. The Morgan fingerprint density at radius 1 is 1.14 bits per heavy atom. The molecule has 1 unspecified atom stereocenters. The lowest BCUT2D eigenvalue weighted by molar-refractivity contribution is 0.122. The maximum absolute atomic E-state index is 16.6. The van der Waals surface area contributed by atoms with Crippen molar-refractivity contribution in [3.05, 3.63) is 47.7 Å². The van der Waals surface area contributed by atoms with Gasteiger partial charge in [-0.15, -0.1) is 6.42 Å². The summed E-state index contributed by atoms with van der Waals surface area (Å²) >= 11 is 0. The number of alkyl halides is 1. The summed E-state index contributed by atoms with van der Waals surface area (Å²) in [5.41, 5.74) is -0.177. The van der Waals surface area contributed by atoms with Gasteiger partial charge in [0.15, 0.2) is 5.82 Å². The zero-order valence-corrected chi connectivity index (χ0v) is 23.5. The number of rotatable bonds is 7. The molecule has 3 aliphatic rings. The molecule has 2 aliphatic heterocycles. The van der Waals surface area contributed by atoms with E-state index in [1.165, 1.54) is 30.5 Å². The van der Waals surface area contributed by atoms with E-state index in [0.29, 0.717) is 62.5 Å². The molecule has 2 aromatic carbocycles. The maximum Gasteiger partial charge on any atom is 0.319 e. The van der Waals surface area contributed by atoms with Crippen LogP contribution >= 0.6 is 0 Å². The van der Waals surface area contributed by atoms with E-state index in [1.807, 2.05) is 4.90 Å². The van der Waals surface area contributed by atoms with Crippen molar-refractivity contribution < 1.29 is 27.8 Å². The highest BCUT2D eigenvalue weighted by molar-refractivity contribution is 6.03. The van der Waals surface area contributed by atoms with Crippen LogP contribution in [-0.4, -0.2) is 83.7 Å². The van der Waals surface area contributed by atoms with Gasteiger partial charge in [-0.25, -0.2) is 13.2 Å². The van der Waals surface area contributed by atoms with Crippen molar-refractivity contribution >= 4 is 27.5 Å². The number of hydrogen-bond donors (Lipinski definition) is 1. The predicted octanol–water partition coefficient (Wildman–Crippen LogP) is 4.85. The normalized spacial score (nSPS) is 20.0. The van der Waals surface area contributed by atoms with Gasteiger partial charge in [-0.3, -0.25) is 9.88 Å². The van der Waals surface area contributed by atoms with Crippen LogP contribution in [0.4, 0.5) is 19.0 Å². The molecule has 0 amide bonds. The number of likely N-dealkylation sites (tertiary alicyclic amines) is 1. The molecule has 7 rings (SSSR count). The quantitative estimate of drug-likeness (QED) is 0.307. The van der Waals surface area contributed by atoms with Crippen LogP contribution in [0.25, 0.3) is 32.9 Å². The van der Waals surface area contributed by atoms with Gasteiger partial charge in [-0.2, -0.15) is 9.97 Å². The summed E-state index contributed by atoms with van der Waals surface area (Å²) < 4.78 is 56.7. The highest BCUT2D eigenvalue weighted by Gasteiger charge is 2.46. The number of nitrogens with zero attached hydrogens (tertiary/aromatic N) is 5. The molecule has 43 heavy (non-hydrogen) atoms. The van der Waals surface area contributed by atoms with E-state index in [2.05, 4.69) is 25.8 Å². The Morgan fingerprint density at radius 2 is 1.95 bits per heavy atom. The zero-order chi connectivity index (χ0) is 29.7. The number of benzene rings is 2. The smallest absolute Gasteiger partial charge is 0.319 e. The van der Waals surface area contributed by atoms with Crippen LogP contribution in [0.3, 0.4) is 0 Å². The Balaban J connectivity index is 1.31. The topological polar surface area (TPSA) is 83.8 Å². The van der Waals surface area contributed by atoms with Gasteiger partial charge in [0.05, 0.1) is 30.8 Å². The summed E-state index contributed by atoms with van der Waals surface area (Å²) in [6, 6.07) is 5.47. The van der Waals surface area contributed by atoms with Crippen molar-refractivity contribution in [1.82, 2.24) is 19.9 Å². The molecule has 4 aromatic rings. The van der Waals surface area contributed by atoms with Gasteiger partial charge < -0.3 is 19.5 Å². The Hall–Kier alpha value is -4.14. The fraction of sp³-hybridized carbons (Fsp3) is 0.406. The largest absolute Gasteiger partial charge is 0.508 e. The number of pyridine rings is 1. The van der Waals surface area contributed by atoms with Crippen molar-refractivity contribution in [2.75, 3.05) is 57.4 Å². The number of morpholine rings is 1. The Bertz CT molecular complexity index is 1770. The van der Waals surface area contributed by atoms with E-state index in [4.69, 9.17) is 15.9 Å². The molecular formula is C32H30F3N5O3. The second-order valence-corrected chi connectivity index (χ2v) is 11.7.